The van der Waals surface area contributed by atoms with E-state index >= 15 is 0 Å². The molecule has 2 fully saturated rings. The van der Waals surface area contributed by atoms with Crippen LogP contribution in [0.3, 0.4) is 0 Å². The molecule has 0 aromatic rings. The van der Waals surface area contributed by atoms with Gasteiger partial charge in [0.1, 0.15) is 0 Å². The minimum Gasteiger partial charge on any atom is -0.481 e. The maximum Gasteiger partial charge on any atom is 0.303 e. The lowest BCUT2D eigenvalue weighted by Gasteiger charge is -2.38. The molecule has 2 atom stereocenters. The Kier molecular flexibility index (Phi) is 3.24. The average Bonchev–Trinajstić information content (AvgIpc) is 2.90. The van der Waals surface area contributed by atoms with Crippen LogP contribution in [0, 0.1) is 11.3 Å². The van der Waals surface area contributed by atoms with Crippen LogP contribution in [0.4, 0.5) is 0 Å². The third-order valence-corrected chi connectivity index (χ3v) is 4.27. The Hall–Kier alpha value is -0.570. The monoisotopic (exact) mass is 225 g/mol. The molecule has 1 saturated carbocycles. The highest BCUT2D eigenvalue weighted by Crippen LogP contribution is 2.50. The van der Waals surface area contributed by atoms with Crippen molar-refractivity contribution in [2.75, 3.05) is 13.1 Å². The van der Waals surface area contributed by atoms with Crippen molar-refractivity contribution in [2.45, 2.75) is 52.0 Å². The summed E-state index contributed by atoms with van der Waals surface area (Å²) in [7, 11) is 0. The number of likely N-dealkylation sites (tertiary alicyclic amines) is 1. The summed E-state index contributed by atoms with van der Waals surface area (Å²) < 4.78 is 0. The third-order valence-electron chi connectivity index (χ3n) is 4.27. The van der Waals surface area contributed by atoms with Gasteiger partial charge in [-0.3, -0.25) is 9.69 Å². The molecule has 2 aliphatic rings. The SMILES string of the molecule is CC1CCC(C)N(CC2(CC(=O)O)CC2)C1. The Balaban J connectivity index is 1.90. The number of carboxylic acids is 1. The van der Waals surface area contributed by atoms with E-state index in [1.807, 2.05) is 0 Å². The van der Waals surface area contributed by atoms with E-state index in [9.17, 15) is 4.79 Å². The molecule has 0 bridgehead atoms. The van der Waals surface area contributed by atoms with Crippen LogP contribution in [-0.2, 0) is 4.79 Å². The molecule has 0 aromatic carbocycles. The van der Waals surface area contributed by atoms with Gasteiger partial charge in [0.2, 0.25) is 0 Å². The molecule has 1 heterocycles. The predicted octanol–water partition coefficient (Wildman–Crippen LogP) is 2.36. The highest BCUT2D eigenvalue weighted by Gasteiger charge is 2.46. The molecule has 0 radical (unpaired) electrons. The quantitative estimate of drug-likeness (QED) is 0.798. The summed E-state index contributed by atoms with van der Waals surface area (Å²) >= 11 is 0. The number of carboxylic acid groups (broad SMARTS) is 1. The summed E-state index contributed by atoms with van der Waals surface area (Å²) in [5.74, 6) is 0.145. The fourth-order valence-corrected chi connectivity index (χ4v) is 2.92. The van der Waals surface area contributed by atoms with E-state index in [1.165, 1.54) is 12.8 Å². The fourth-order valence-electron chi connectivity index (χ4n) is 2.92. The number of hydrogen-bond acceptors (Lipinski definition) is 2. The van der Waals surface area contributed by atoms with Gasteiger partial charge in [0.25, 0.3) is 0 Å². The summed E-state index contributed by atoms with van der Waals surface area (Å²) in [6.07, 6.45) is 5.17. The third kappa shape index (κ3) is 2.76. The minimum atomic E-state index is -0.629. The zero-order valence-corrected chi connectivity index (χ0v) is 10.4. The van der Waals surface area contributed by atoms with Crippen molar-refractivity contribution in [3.05, 3.63) is 0 Å². The molecule has 3 heteroatoms. The lowest BCUT2D eigenvalue weighted by molar-refractivity contribution is -0.138. The first-order valence-electron chi connectivity index (χ1n) is 6.47. The number of carbonyl (C=O) groups is 1. The van der Waals surface area contributed by atoms with E-state index < -0.39 is 5.97 Å². The molecular weight excluding hydrogens is 202 g/mol. The zero-order valence-electron chi connectivity index (χ0n) is 10.4. The van der Waals surface area contributed by atoms with Crippen LogP contribution in [-0.4, -0.2) is 35.1 Å². The van der Waals surface area contributed by atoms with Crippen LogP contribution < -0.4 is 0 Å². The van der Waals surface area contributed by atoms with Gasteiger partial charge in [0.15, 0.2) is 0 Å². The van der Waals surface area contributed by atoms with E-state index in [0.717, 1.165) is 31.8 Å². The first kappa shape index (κ1) is 11.9. The van der Waals surface area contributed by atoms with Gasteiger partial charge >= 0.3 is 5.97 Å². The summed E-state index contributed by atoms with van der Waals surface area (Å²) in [6.45, 7) is 6.74. The lowest BCUT2D eigenvalue weighted by atomic mass is 9.92. The Morgan fingerprint density at radius 3 is 2.62 bits per heavy atom. The van der Waals surface area contributed by atoms with Gasteiger partial charge in [0, 0.05) is 19.1 Å². The van der Waals surface area contributed by atoms with Crippen molar-refractivity contribution < 1.29 is 9.90 Å². The first-order valence-corrected chi connectivity index (χ1v) is 6.47. The highest BCUT2D eigenvalue weighted by molar-refractivity contribution is 5.68. The van der Waals surface area contributed by atoms with Crippen LogP contribution in [0.15, 0.2) is 0 Å². The van der Waals surface area contributed by atoms with Crippen molar-refractivity contribution in [2.24, 2.45) is 11.3 Å². The van der Waals surface area contributed by atoms with E-state index in [1.54, 1.807) is 0 Å². The second-order valence-corrected chi connectivity index (χ2v) is 6.03. The summed E-state index contributed by atoms with van der Waals surface area (Å²) in [5.41, 5.74) is 0.122. The van der Waals surface area contributed by atoms with Gasteiger partial charge in [-0.1, -0.05) is 6.92 Å². The average molecular weight is 225 g/mol. The van der Waals surface area contributed by atoms with E-state index in [0.29, 0.717) is 12.5 Å². The van der Waals surface area contributed by atoms with Gasteiger partial charge in [-0.25, -0.2) is 0 Å². The van der Waals surface area contributed by atoms with E-state index in [2.05, 4.69) is 18.7 Å². The Labute approximate surface area is 97.8 Å². The second kappa shape index (κ2) is 4.36. The van der Waals surface area contributed by atoms with Gasteiger partial charge < -0.3 is 5.11 Å². The molecule has 1 aliphatic carbocycles. The molecule has 0 amide bonds. The van der Waals surface area contributed by atoms with Crippen LogP contribution >= 0.6 is 0 Å². The predicted molar refractivity (Wildman–Crippen MR) is 63.4 cm³/mol. The molecule has 0 aromatic heterocycles. The molecule has 16 heavy (non-hydrogen) atoms. The Bertz CT molecular complexity index is 273. The van der Waals surface area contributed by atoms with Gasteiger partial charge in [-0.05, 0) is 43.9 Å². The van der Waals surface area contributed by atoms with Gasteiger partial charge in [-0.15, -0.1) is 0 Å². The number of piperidine rings is 1. The van der Waals surface area contributed by atoms with Crippen molar-refractivity contribution in [3.8, 4) is 0 Å². The van der Waals surface area contributed by atoms with Gasteiger partial charge in [0.05, 0.1) is 6.42 Å². The molecular formula is C13H23NO2. The van der Waals surface area contributed by atoms with Gasteiger partial charge in [-0.2, -0.15) is 0 Å². The second-order valence-electron chi connectivity index (χ2n) is 6.03. The topological polar surface area (TPSA) is 40.5 Å². The number of hydrogen-bond donors (Lipinski definition) is 1. The van der Waals surface area contributed by atoms with E-state index in [4.69, 9.17) is 5.11 Å². The summed E-state index contributed by atoms with van der Waals surface area (Å²) in [4.78, 5) is 13.3. The smallest absolute Gasteiger partial charge is 0.303 e. The molecule has 1 saturated heterocycles. The molecule has 2 unspecified atom stereocenters. The molecule has 2 rings (SSSR count). The molecule has 1 N–H and O–H groups in total. The maximum absolute atomic E-state index is 10.8. The molecule has 3 nitrogen and oxygen atoms in total. The number of nitrogens with zero attached hydrogens (tertiary/aromatic N) is 1. The maximum atomic E-state index is 10.8. The lowest BCUT2D eigenvalue weighted by Crippen LogP contribution is -2.44. The zero-order chi connectivity index (χ0) is 11.8. The molecule has 1 aliphatic heterocycles. The van der Waals surface area contributed by atoms with Crippen LogP contribution in [0.1, 0.15) is 46.0 Å². The van der Waals surface area contributed by atoms with Crippen LogP contribution in [0.5, 0.6) is 0 Å². The van der Waals surface area contributed by atoms with Crippen molar-refractivity contribution >= 4 is 5.97 Å². The molecule has 0 spiro atoms. The number of aliphatic carboxylic acids is 1. The normalized spacial score (nSPS) is 33.6. The molecule has 92 valence electrons. The van der Waals surface area contributed by atoms with Crippen molar-refractivity contribution in [3.63, 3.8) is 0 Å². The fraction of sp³-hybridized carbons (Fsp3) is 0.923. The van der Waals surface area contributed by atoms with E-state index in [-0.39, 0.29) is 5.41 Å². The Morgan fingerprint density at radius 1 is 1.38 bits per heavy atom. The largest absolute Gasteiger partial charge is 0.481 e. The summed E-state index contributed by atoms with van der Waals surface area (Å²) in [6, 6.07) is 0.641. The van der Waals surface area contributed by atoms with Crippen molar-refractivity contribution in [1.29, 1.82) is 0 Å². The standard InChI is InChI=1S/C13H23NO2/c1-10-3-4-11(2)14(8-10)9-13(5-6-13)7-12(15)16/h10-11H,3-9H2,1-2H3,(H,15,16). The van der Waals surface area contributed by atoms with Crippen molar-refractivity contribution in [1.82, 2.24) is 4.90 Å². The summed E-state index contributed by atoms with van der Waals surface area (Å²) in [5, 5.41) is 8.92. The minimum absolute atomic E-state index is 0.122. The highest BCUT2D eigenvalue weighted by atomic mass is 16.4. The first-order chi connectivity index (χ1) is 7.51. The number of rotatable bonds is 4. The van der Waals surface area contributed by atoms with Crippen LogP contribution in [0.25, 0.3) is 0 Å². The van der Waals surface area contributed by atoms with Crippen LogP contribution in [0.2, 0.25) is 0 Å². The Morgan fingerprint density at radius 2 is 2.06 bits per heavy atom.